The number of amides is 1. The Morgan fingerprint density at radius 1 is 1.19 bits per heavy atom. The summed E-state index contributed by atoms with van der Waals surface area (Å²) in [7, 11) is 0. The Hall–Kier alpha value is -1.47. The summed E-state index contributed by atoms with van der Waals surface area (Å²) in [4.78, 5) is 14.9. The molecule has 2 heterocycles. The van der Waals surface area contributed by atoms with Gasteiger partial charge in [0.2, 0.25) is 5.91 Å². The molecule has 4 saturated carbocycles. The highest BCUT2D eigenvalue weighted by atomic mass is 16.3. The van der Waals surface area contributed by atoms with Gasteiger partial charge in [-0.2, -0.15) is 0 Å². The lowest BCUT2D eigenvalue weighted by molar-refractivity contribution is -0.125. The monoisotopic (exact) mass is 373 g/mol. The van der Waals surface area contributed by atoms with Gasteiger partial charge in [0.15, 0.2) is 0 Å². The fourth-order valence-corrected chi connectivity index (χ4v) is 6.55. The second-order valence-electron chi connectivity index (χ2n) is 9.38. The summed E-state index contributed by atoms with van der Waals surface area (Å²) < 4.78 is 1.66. The van der Waals surface area contributed by atoms with Crippen LogP contribution in [0.4, 0.5) is 0 Å². The average Bonchev–Trinajstić information content (AvgIpc) is 3.27. The Kier molecular flexibility index (Phi) is 4.68. The minimum Gasteiger partial charge on any atom is -0.395 e. The number of hydrogen-bond donors (Lipinski definition) is 2. The third-order valence-electron chi connectivity index (χ3n) is 7.52. The van der Waals surface area contributed by atoms with Gasteiger partial charge in [-0.05, 0) is 75.2 Å². The van der Waals surface area contributed by atoms with Crippen LogP contribution in [0.25, 0.3) is 0 Å². The van der Waals surface area contributed by atoms with E-state index in [1.54, 1.807) is 4.68 Å². The quantitative estimate of drug-likeness (QED) is 0.782. The molecule has 6 rings (SSSR count). The Balaban J connectivity index is 1.16. The van der Waals surface area contributed by atoms with Crippen molar-refractivity contribution < 1.29 is 9.90 Å². The standard InChI is InChI=1S/C20H31N5O2/c26-12-18-2-1-3-24(18)9-17-10-25(23-22-17)11-19(27)21-20-15-5-13-4-14(7-15)8-16(20)6-13/h10,13-16,18,20,26H,1-9,11-12H2,(H,21,27). The molecule has 1 aliphatic heterocycles. The lowest BCUT2D eigenvalue weighted by Crippen LogP contribution is -2.56. The zero-order valence-corrected chi connectivity index (χ0v) is 16.0. The van der Waals surface area contributed by atoms with Crippen LogP contribution in [-0.4, -0.2) is 56.1 Å². The second-order valence-corrected chi connectivity index (χ2v) is 9.38. The predicted molar refractivity (Wildman–Crippen MR) is 99.5 cm³/mol. The van der Waals surface area contributed by atoms with E-state index in [1.807, 2.05) is 6.20 Å². The molecule has 1 atom stereocenters. The van der Waals surface area contributed by atoms with E-state index in [4.69, 9.17) is 0 Å². The molecule has 1 aromatic heterocycles. The number of carbonyl (C=O) groups excluding carboxylic acids is 1. The molecule has 0 aromatic carbocycles. The highest BCUT2D eigenvalue weighted by Gasteiger charge is 2.48. The first-order valence-electron chi connectivity index (χ1n) is 10.7. The van der Waals surface area contributed by atoms with Crippen molar-refractivity contribution in [3.05, 3.63) is 11.9 Å². The highest BCUT2D eigenvalue weighted by molar-refractivity contribution is 5.76. The van der Waals surface area contributed by atoms with Crippen LogP contribution < -0.4 is 5.32 Å². The Bertz CT molecular complexity index is 662. The molecule has 7 nitrogen and oxygen atoms in total. The third-order valence-corrected chi connectivity index (χ3v) is 7.52. The van der Waals surface area contributed by atoms with Crippen molar-refractivity contribution in [3.63, 3.8) is 0 Å². The zero-order chi connectivity index (χ0) is 18.4. The summed E-state index contributed by atoms with van der Waals surface area (Å²) in [6.45, 7) is 2.13. The van der Waals surface area contributed by atoms with Gasteiger partial charge in [-0.25, -0.2) is 4.68 Å². The van der Waals surface area contributed by atoms with Gasteiger partial charge in [0, 0.05) is 18.6 Å². The normalized spacial score (nSPS) is 37.8. The summed E-state index contributed by atoms with van der Waals surface area (Å²) in [5, 5.41) is 21.2. The molecule has 5 fully saturated rings. The van der Waals surface area contributed by atoms with Gasteiger partial charge in [-0.15, -0.1) is 5.10 Å². The molecule has 1 amide bonds. The first kappa shape index (κ1) is 17.6. The van der Waals surface area contributed by atoms with E-state index in [0.29, 0.717) is 24.4 Å². The maximum absolute atomic E-state index is 12.6. The minimum atomic E-state index is 0.0679. The summed E-state index contributed by atoms with van der Waals surface area (Å²) in [6, 6.07) is 0.610. The van der Waals surface area contributed by atoms with E-state index in [9.17, 15) is 9.90 Å². The van der Waals surface area contributed by atoms with Gasteiger partial charge in [0.1, 0.15) is 6.54 Å². The molecular formula is C20H31N5O2. The van der Waals surface area contributed by atoms with Crippen LogP contribution in [0.5, 0.6) is 0 Å². The highest BCUT2D eigenvalue weighted by Crippen LogP contribution is 2.53. The second kappa shape index (κ2) is 7.17. The minimum absolute atomic E-state index is 0.0679. The van der Waals surface area contributed by atoms with E-state index in [1.165, 1.54) is 32.1 Å². The fraction of sp³-hybridized carbons (Fsp3) is 0.850. The van der Waals surface area contributed by atoms with Crippen molar-refractivity contribution in [3.8, 4) is 0 Å². The van der Waals surface area contributed by atoms with Crippen molar-refractivity contribution in [1.29, 1.82) is 0 Å². The maximum atomic E-state index is 12.6. The Morgan fingerprint density at radius 3 is 2.63 bits per heavy atom. The number of aliphatic hydroxyl groups is 1. The number of nitrogens with zero attached hydrogens (tertiary/aromatic N) is 4. The molecule has 1 aromatic rings. The number of carbonyl (C=O) groups is 1. The molecule has 2 N–H and O–H groups in total. The average molecular weight is 374 g/mol. The van der Waals surface area contributed by atoms with Gasteiger partial charge in [0.25, 0.3) is 0 Å². The first-order valence-corrected chi connectivity index (χ1v) is 10.7. The molecule has 1 unspecified atom stereocenters. The van der Waals surface area contributed by atoms with Crippen LogP contribution in [0.1, 0.15) is 50.6 Å². The number of likely N-dealkylation sites (tertiary alicyclic amines) is 1. The number of aromatic nitrogens is 3. The third kappa shape index (κ3) is 3.51. The van der Waals surface area contributed by atoms with Crippen LogP contribution in [0, 0.1) is 23.7 Å². The lowest BCUT2D eigenvalue weighted by Gasteiger charge is -2.54. The molecular weight excluding hydrogens is 342 g/mol. The molecule has 7 heteroatoms. The molecule has 148 valence electrons. The lowest BCUT2D eigenvalue weighted by atomic mass is 9.54. The molecule has 4 aliphatic carbocycles. The summed E-state index contributed by atoms with van der Waals surface area (Å²) >= 11 is 0. The van der Waals surface area contributed by atoms with Crippen molar-refractivity contribution >= 4 is 5.91 Å². The van der Waals surface area contributed by atoms with E-state index in [-0.39, 0.29) is 25.1 Å². The fourth-order valence-electron chi connectivity index (χ4n) is 6.55. The summed E-state index contributed by atoms with van der Waals surface area (Å²) in [5.74, 6) is 3.31. The number of rotatable bonds is 6. The predicted octanol–water partition coefficient (Wildman–Crippen LogP) is 1.18. The molecule has 0 spiro atoms. The van der Waals surface area contributed by atoms with Gasteiger partial charge in [-0.3, -0.25) is 9.69 Å². The topological polar surface area (TPSA) is 83.3 Å². The van der Waals surface area contributed by atoms with Crippen molar-refractivity contribution in [2.24, 2.45) is 23.7 Å². The van der Waals surface area contributed by atoms with E-state index in [0.717, 1.165) is 36.9 Å². The van der Waals surface area contributed by atoms with Crippen LogP contribution in [0.2, 0.25) is 0 Å². The smallest absolute Gasteiger partial charge is 0.242 e. The van der Waals surface area contributed by atoms with Gasteiger partial charge in [0.05, 0.1) is 18.5 Å². The van der Waals surface area contributed by atoms with Gasteiger partial charge in [-0.1, -0.05) is 5.21 Å². The SMILES string of the molecule is O=C(Cn1cc(CN2CCCC2CO)nn1)NC1C2CC3CC(C2)CC1C3. The van der Waals surface area contributed by atoms with E-state index in [2.05, 4.69) is 20.5 Å². The van der Waals surface area contributed by atoms with Crippen LogP contribution in [0.15, 0.2) is 6.20 Å². The van der Waals surface area contributed by atoms with Crippen LogP contribution in [-0.2, 0) is 17.9 Å². The number of hydrogen-bond acceptors (Lipinski definition) is 5. The zero-order valence-electron chi connectivity index (χ0n) is 16.0. The van der Waals surface area contributed by atoms with Crippen LogP contribution >= 0.6 is 0 Å². The van der Waals surface area contributed by atoms with Gasteiger partial charge >= 0.3 is 0 Å². The van der Waals surface area contributed by atoms with Crippen molar-refractivity contribution in [1.82, 2.24) is 25.2 Å². The Labute approximate surface area is 160 Å². The number of nitrogens with one attached hydrogen (secondary N) is 1. The number of aliphatic hydroxyl groups excluding tert-OH is 1. The summed E-state index contributed by atoms with van der Waals surface area (Å²) in [5.41, 5.74) is 0.873. The van der Waals surface area contributed by atoms with E-state index < -0.39 is 0 Å². The Morgan fingerprint density at radius 2 is 1.93 bits per heavy atom. The largest absolute Gasteiger partial charge is 0.395 e. The molecule has 5 aliphatic rings. The van der Waals surface area contributed by atoms with Crippen molar-refractivity contribution in [2.45, 2.75) is 70.1 Å². The molecule has 4 bridgehead atoms. The first-order chi connectivity index (χ1) is 13.2. The van der Waals surface area contributed by atoms with Crippen molar-refractivity contribution in [2.75, 3.05) is 13.2 Å². The molecule has 0 radical (unpaired) electrons. The molecule has 1 saturated heterocycles. The van der Waals surface area contributed by atoms with Crippen LogP contribution in [0.3, 0.4) is 0 Å². The van der Waals surface area contributed by atoms with E-state index >= 15 is 0 Å². The molecule has 27 heavy (non-hydrogen) atoms. The van der Waals surface area contributed by atoms with Gasteiger partial charge < -0.3 is 10.4 Å². The maximum Gasteiger partial charge on any atom is 0.242 e. The summed E-state index contributed by atoms with van der Waals surface area (Å²) in [6.07, 6.45) is 10.7.